The lowest BCUT2D eigenvalue weighted by Crippen LogP contribution is -2.04. The SMILES string of the molecule is CC1CC1Nc1ccc(Cl)cc1C#N. The molecule has 14 heavy (non-hydrogen) atoms. The fraction of sp³-hybridized carbons (Fsp3) is 0.364. The van der Waals surface area contributed by atoms with Gasteiger partial charge in [0.2, 0.25) is 0 Å². The molecule has 2 unspecified atom stereocenters. The van der Waals surface area contributed by atoms with E-state index in [1.54, 1.807) is 12.1 Å². The summed E-state index contributed by atoms with van der Waals surface area (Å²) in [7, 11) is 0. The second kappa shape index (κ2) is 3.51. The topological polar surface area (TPSA) is 35.8 Å². The van der Waals surface area contributed by atoms with Gasteiger partial charge in [-0.1, -0.05) is 18.5 Å². The first-order valence-electron chi connectivity index (χ1n) is 4.67. The second-order valence-corrected chi connectivity index (χ2v) is 4.20. The molecular formula is C11H11ClN2. The molecule has 0 amide bonds. The standard InChI is InChI=1S/C11H11ClN2/c1-7-4-11(7)14-10-3-2-9(12)5-8(10)6-13/h2-3,5,7,11,14H,4H2,1H3. The van der Waals surface area contributed by atoms with Crippen molar-refractivity contribution in [2.45, 2.75) is 19.4 Å². The molecule has 0 saturated heterocycles. The van der Waals surface area contributed by atoms with Crippen molar-refractivity contribution in [3.63, 3.8) is 0 Å². The Morgan fingerprint density at radius 2 is 2.29 bits per heavy atom. The van der Waals surface area contributed by atoms with Gasteiger partial charge in [-0.2, -0.15) is 5.26 Å². The number of halogens is 1. The highest BCUT2D eigenvalue weighted by atomic mass is 35.5. The van der Waals surface area contributed by atoms with Crippen LogP contribution >= 0.6 is 11.6 Å². The summed E-state index contributed by atoms with van der Waals surface area (Å²) in [4.78, 5) is 0. The number of nitrogens with one attached hydrogen (secondary N) is 1. The van der Waals surface area contributed by atoms with Crippen LogP contribution in [0, 0.1) is 17.2 Å². The van der Waals surface area contributed by atoms with Crippen LogP contribution in [0.15, 0.2) is 18.2 Å². The zero-order valence-corrected chi connectivity index (χ0v) is 8.67. The molecule has 1 aromatic carbocycles. The lowest BCUT2D eigenvalue weighted by atomic mass is 10.2. The summed E-state index contributed by atoms with van der Waals surface area (Å²) in [6.07, 6.45) is 1.19. The van der Waals surface area contributed by atoms with Crippen molar-refractivity contribution in [2.24, 2.45) is 5.92 Å². The predicted molar refractivity (Wildman–Crippen MR) is 57.4 cm³/mol. The summed E-state index contributed by atoms with van der Waals surface area (Å²) >= 11 is 5.80. The Kier molecular flexibility index (Phi) is 2.35. The number of benzene rings is 1. The third-order valence-electron chi connectivity index (χ3n) is 2.55. The molecule has 0 radical (unpaired) electrons. The molecule has 1 saturated carbocycles. The second-order valence-electron chi connectivity index (χ2n) is 3.77. The van der Waals surface area contributed by atoms with Crippen molar-refractivity contribution in [3.05, 3.63) is 28.8 Å². The third-order valence-corrected chi connectivity index (χ3v) is 2.79. The molecule has 0 heterocycles. The first-order valence-corrected chi connectivity index (χ1v) is 5.04. The molecule has 1 N–H and O–H groups in total. The van der Waals surface area contributed by atoms with Crippen LogP contribution in [0.4, 0.5) is 5.69 Å². The van der Waals surface area contributed by atoms with Crippen LogP contribution in [0.2, 0.25) is 5.02 Å². The fourth-order valence-corrected chi connectivity index (χ4v) is 1.63. The molecule has 2 atom stereocenters. The number of hydrogen-bond acceptors (Lipinski definition) is 2. The quantitative estimate of drug-likeness (QED) is 0.808. The van der Waals surface area contributed by atoms with Gasteiger partial charge in [0.25, 0.3) is 0 Å². The lowest BCUT2D eigenvalue weighted by Gasteiger charge is -2.06. The van der Waals surface area contributed by atoms with Crippen molar-refractivity contribution in [1.29, 1.82) is 5.26 Å². The molecule has 1 aliphatic carbocycles. The van der Waals surface area contributed by atoms with Gasteiger partial charge in [0.05, 0.1) is 11.3 Å². The number of rotatable bonds is 2. The maximum Gasteiger partial charge on any atom is 0.101 e. The number of nitriles is 1. The highest BCUT2D eigenvalue weighted by Crippen LogP contribution is 2.33. The van der Waals surface area contributed by atoms with Gasteiger partial charge in [-0.25, -0.2) is 0 Å². The van der Waals surface area contributed by atoms with E-state index < -0.39 is 0 Å². The first-order chi connectivity index (χ1) is 6.70. The van der Waals surface area contributed by atoms with Crippen molar-refractivity contribution < 1.29 is 0 Å². The van der Waals surface area contributed by atoms with Crippen molar-refractivity contribution in [3.8, 4) is 6.07 Å². The Balaban J connectivity index is 2.20. The maximum atomic E-state index is 8.89. The van der Waals surface area contributed by atoms with Gasteiger partial charge in [0.15, 0.2) is 0 Å². The van der Waals surface area contributed by atoms with E-state index >= 15 is 0 Å². The molecule has 1 fully saturated rings. The zero-order chi connectivity index (χ0) is 10.1. The highest BCUT2D eigenvalue weighted by molar-refractivity contribution is 6.30. The normalized spacial score (nSPS) is 24.1. The Bertz CT molecular complexity index is 395. The van der Waals surface area contributed by atoms with Crippen LogP contribution in [-0.2, 0) is 0 Å². The minimum absolute atomic E-state index is 0.531. The highest BCUT2D eigenvalue weighted by Gasteiger charge is 2.32. The predicted octanol–water partition coefficient (Wildman–Crippen LogP) is 3.03. The van der Waals surface area contributed by atoms with Gasteiger partial charge in [0, 0.05) is 11.1 Å². The molecule has 0 aromatic heterocycles. The summed E-state index contributed by atoms with van der Waals surface area (Å²) in [6.45, 7) is 2.19. The summed E-state index contributed by atoms with van der Waals surface area (Å²) in [5.41, 5.74) is 1.52. The van der Waals surface area contributed by atoms with Gasteiger partial charge in [-0.3, -0.25) is 0 Å². The molecule has 1 aromatic rings. The van der Waals surface area contributed by atoms with E-state index in [9.17, 15) is 0 Å². The van der Waals surface area contributed by atoms with E-state index in [2.05, 4.69) is 18.3 Å². The molecule has 0 aliphatic heterocycles. The first kappa shape index (κ1) is 9.36. The lowest BCUT2D eigenvalue weighted by molar-refractivity contribution is 0.929. The average molecular weight is 207 g/mol. The Morgan fingerprint density at radius 3 is 2.86 bits per heavy atom. The maximum absolute atomic E-state index is 8.89. The van der Waals surface area contributed by atoms with Crippen LogP contribution in [0.3, 0.4) is 0 Å². The van der Waals surface area contributed by atoms with Crippen molar-refractivity contribution in [1.82, 2.24) is 0 Å². The molecule has 0 bridgehead atoms. The summed E-state index contributed by atoms with van der Waals surface area (Å²) in [6, 6.07) is 8.03. The number of nitrogens with zero attached hydrogens (tertiary/aromatic N) is 1. The Hall–Kier alpha value is -1.20. The summed E-state index contributed by atoms with van der Waals surface area (Å²) in [5, 5.41) is 12.8. The van der Waals surface area contributed by atoms with E-state index in [0.717, 1.165) is 11.6 Å². The molecule has 2 rings (SSSR count). The number of anilines is 1. The zero-order valence-electron chi connectivity index (χ0n) is 7.92. The van der Waals surface area contributed by atoms with Crippen molar-refractivity contribution in [2.75, 3.05) is 5.32 Å². The van der Waals surface area contributed by atoms with Gasteiger partial charge in [-0.15, -0.1) is 0 Å². The number of hydrogen-bond donors (Lipinski definition) is 1. The molecule has 72 valence electrons. The third kappa shape index (κ3) is 1.83. The monoisotopic (exact) mass is 206 g/mol. The van der Waals surface area contributed by atoms with Gasteiger partial charge < -0.3 is 5.32 Å². The Morgan fingerprint density at radius 1 is 1.57 bits per heavy atom. The van der Waals surface area contributed by atoms with Gasteiger partial charge in [0.1, 0.15) is 6.07 Å². The van der Waals surface area contributed by atoms with Crippen LogP contribution in [0.5, 0.6) is 0 Å². The van der Waals surface area contributed by atoms with Crippen molar-refractivity contribution >= 4 is 17.3 Å². The minimum Gasteiger partial charge on any atom is -0.381 e. The van der Waals surface area contributed by atoms with Gasteiger partial charge in [-0.05, 0) is 30.5 Å². The summed E-state index contributed by atoms with van der Waals surface area (Å²) < 4.78 is 0. The smallest absolute Gasteiger partial charge is 0.101 e. The van der Waals surface area contributed by atoms with Crippen LogP contribution in [0.25, 0.3) is 0 Å². The fourth-order valence-electron chi connectivity index (χ4n) is 1.46. The molecular weight excluding hydrogens is 196 g/mol. The van der Waals surface area contributed by atoms with E-state index in [1.165, 1.54) is 6.42 Å². The largest absolute Gasteiger partial charge is 0.381 e. The van der Waals surface area contributed by atoms with E-state index in [1.807, 2.05) is 6.07 Å². The van der Waals surface area contributed by atoms with E-state index in [-0.39, 0.29) is 0 Å². The molecule has 3 heteroatoms. The molecule has 2 nitrogen and oxygen atoms in total. The molecule has 0 spiro atoms. The minimum atomic E-state index is 0.531. The summed E-state index contributed by atoms with van der Waals surface area (Å²) in [5.74, 6) is 0.720. The Labute approximate surface area is 88.5 Å². The van der Waals surface area contributed by atoms with Gasteiger partial charge >= 0.3 is 0 Å². The molecule has 1 aliphatic rings. The van der Waals surface area contributed by atoms with Crippen LogP contribution < -0.4 is 5.32 Å². The van der Waals surface area contributed by atoms with Crippen LogP contribution in [0.1, 0.15) is 18.9 Å². The average Bonchev–Trinajstić information content (AvgIpc) is 2.85. The van der Waals surface area contributed by atoms with E-state index in [0.29, 0.717) is 16.6 Å². The van der Waals surface area contributed by atoms with Crippen LogP contribution in [-0.4, -0.2) is 6.04 Å². The van der Waals surface area contributed by atoms with E-state index in [4.69, 9.17) is 16.9 Å².